The number of phenols is 1. The molecular formula is C14H21FN2O. The maximum Gasteiger partial charge on any atom is 0.131 e. The number of hydrogen-bond donors (Lipinski definition) is 2. The van der Waals surface area contributed by atoms with Gasteiger partial charge in [-0.05, 0) is 32.8 Å². The molecule has 100 valence electrons. The molecule has 0 bridgehead atoms. The summed E-state index contributed by atoms with van der Waals surface area (Å²) in [6.07, 6.45) is 1.90. The molecule has 1 aromatic rings. The number of halogens is 1. The molecule has 3 atom stereocenters. The quantitative estimate of drug-likeness (QED) is 0.849. The fourth-order valence-corrected chi connectivity index (χ4v) is 2.84. The van der Waals surface area contributed by atoms with Gasteiger partial charge in [-0.1, -0.05) is 6.07 Å². The van der Waals surface area contributed by atoms with E-state index in [1.807, 2.05) is 6.92 Å². The zero-order valence-corrected chi connectivity index (χ0v) is 10.9. The Morgan fingerprint density at radius 1 is 1.50 bits per heavy atom. The first-order chi connectivity index (χ1) is 8.49. The first-order valence-corrected chi connectivity index (χ1v) is 6.48. The molecule has 3 nitrogen and oxygen atoms in total. The van der Waals surface area contributed by atoms with Gasteiger partial charge in [0.15, 0.2) is 0 Å². The molecule has 0 aliphatic carbocycles. The summed E-state index contributed by atoms with van der Waals surface area (Å²) in [6, 6.07) is 5.00. The van der Waals surface area contributed by atoms with Crippen molar-refractivity contribution < 1.29 is 9.50 Å². The normalized spacial score (nSPS) is 27.1. The number of nitrogens with zero attached hydrogens (tertiary/aromatic N) is 1. The zero-order chi connectivity index (χ0) is 13.3. The minimum Gasteiger partial charge on any atom is -0.508 e. The van der Waals surface area contributed by atoms with E-state index in [0.717, 1.165) is 19.4 Å². The summed E-state index contributed by atoms with van der Waals surface area (Å²) in [5, 5.41) is 9.25. The van der Waals surface area contributed by atoms with Crippen LogP contribution in [0.1, 0.15) is 38.3 Å². The van der Waals surface area contributed by atoms with Crippen molar-refractivity contribution in [3.8, 4) is 5.75 Å². The van der Waals surface area contributed by atoms with E-state index in [-0.39, 0.29) is 23.7 Å². The van der Waals surface area contributed by atoms with Crippen LogP contribution in [0.5, 0.6) is 5.75 Å². The van der Waals surface area contributed by atoms with Crippen LogP contribution in [-0.2, 0) is 0 Å². The lowest BCUT2D eigenvalue weighted by molar-refractivity contribution is 0.102. The van der Waals surface area contributed by atoms with E-state index in [1.54, 1.807) is 6.07 Å². The topological polar surface area (TPSA) is 49.5 Å². The van der Waals surface area contributed by atoms with Gasteiger partial charge >= 0.3 is 0 Å². The van der Waals surface area contributed by atoms with E-state index in [4.69, 9.17) is 5.73 Å². The monoisotopic (exact) mass is 252 g/mol. The second-order valence-electron chi connectivity index (χ2n) is 5.25. The van der Waals surface area contributed by atoms with E-state index in [0.29, 0.717) is 11.6 Å². The van der Waals surface area contributed by atoms with Crippen molar-refractivity contribution in [1.29, 1.82) is 0 Å². The van der Waals surface area contributed by atoms with Gasteiger partial charge in [0.05, 0.1) is 0 Å². The molecule has 1 aliphatic rings. The standard InChI is InChI=1S/C14H21FN2O/c1-9-7-11(16)5-6-17(9)10(2)13-4-3-12(18)8-14(13)15/h3-4,8-11,18H,5-7,16H2,1-2H3. The summed E-state index contributed by atoms with van der Waals surface area (Å²) < 4.78 is 13.8. The number of phenolic OH excluding ortho intramolecular Hbond substituents is 1. The summed E-state index contributed by atoms with van der Waals surface area (Å²) in [6.45, 7) is 5.03. The second-order valence-corrected chi connectivity index (χ2v) is 5.25. The fraction of sp³-hybridized carbons (Fsp3) is 0.571. The summed E-state index contributed by atoms with van der Waals surface area (Å²) in [5.41, 5.74) is 6.58. The highest BCUT2D eigenvalue weighted by molar-refractivity contribution is 5.29. The van der Waals surface area contributed by atoms with Gasteiger partial charge in [0.1, 0.15) is 11.6 Å². The van der Waals surface area contributed by atoms with Crippen molar-refractivity contribution in [3.05, 3.63) is 29.6 Å². The Balaban J connectivity index is 2.17. The Kier molecular flexibility index (Phi) is 3.88. The van der Waals surface area contributed by atoms with Crippen LogP contribution in [0.15, 0.2) is 18.2 Å². The highest BCUT2D eigenvalue weighted by Gasteiger charge is 2.28. The highest BCUT2D eigenvalue weighted by atomic mass is 19.1. The average Bonchev–Trinajstić information content (AvgIpc) is 2.28. The molecule has 1 fully saturated rings. The third-order valence-electron chi connectivity index (χ3n) is 3.90. The van der Waals surface area contributed by atoms with Crippen LogP contribution in [0.25, 0.3) is 0 Å². The number of hydrogen-bond acceptors (Lipinski definition) is 3. The minimum absolute atomic E-state index is 0.00750. The molecule has 0 saturated carbocycles. The smallest absolute Gasteiger partial charge is 0.131 e. The number of piperidine rings is 1. The Morgan fingerprint density at radius 3 is 2.83 bits per heavy atom. The van der Waals surface area contributed by atoms with Crippen molar-refractivity contribution >= 4 is 0 Å². The van der Waals surface area contributed by atoms with Gasteiger partial charge in [-0.3, -0.25) is 4.90 Å². The Morgan fingerprint density at radius 2 is 2.22 bits per heavy atom. The maximum absolute atomic E-state index is 13.8. The molecule has 3 N–H and O–H groups in total. The Hall–Kier alpha value is -1.13. The molecule has 3 unspecified atom stereocenters. The molecule has 0 aromatic heterocycles. The van der Waals surface area contributed by atoms with Crippen molar-refractivity contribution in [2.75, 3.05) is 6.54 Å². The zero-order valence-electron chi connectivity index (χ0n) is 10.9. The van der Waals surface area contributed by atoms with E-state index in [2.05, 4.69) is 11.8 Å². The number of nitrogens with two attached hydrogens (primary N) is 1. The van der Waals surface area contributed by atoms with Crippen LogP contribution in [0.4, 0.5) is 4.39 Å². The van der Waals surface area contributed by atoms with E-state index in [1.165, 1.54) is 12.1 Å². The Labute approximate surface area is 107 Å². The third kappa shape index (κ3) is 2.65. The summed E-state index contributed by atoms with van der Waals surface area (Å²) in [5.74, 6) is -0.373. The van der Waals surface area contributed by atoms with Crippen molar-refractivity contribution in [2.24, 2.45) is 5.73 Å². The molecule has 0 amide bonds. The maximum atomic E-state index is 13.8. The van der Waals surface area contributed by atoms with Crippen molar-refractivity contribution in [1.82, 2.24) is 4.90 Å². The van der Waals surface area contributed by atoms with E-state index >= 15 is 0 Å². The number of aromatic hydroxyl groups is 1. The van der Waals surface area contributed by atoms with Crippen LogP contribution in [0.2, 0.25) is 0 Å². The van der Waals surface area contributed by atoms with Crippen LogP contribution < -0.4 is 5.73 Å². The number of likely N-dealkylation sites (tertiary alicyclic amines) is 1. The highest BCUT2D eigenvalue weighted by Crippen LogP contribution is 2.30. The minimum atomic E-state index is -0.343. The van der Waals surface area contributed by atoms with E-state index < -0.39 is 0 Å². The molecule has 1 aliphatic heterocycles. The van der Waals surface area contributed by atoms with Gasteiger partial charge in [0, 0.05) is 36.3 Å². The first kappa shape index (κ1) is 13.3. The molecule has 2 rings (SSSR count). The lowest BCUT2D eigenvalue weighted by atomic mass is 9.95. The molecule has 1 heterocycles. The van der Waals surface area contributed by atoms with Gasteiger partial charge in [0.25, 0.3) is 0 Å². The molecular weight excluding hydrogens is 231 g/mol. The van der Waals surface area contributed by atoms with Gasteiger partial charge in [-0.15, -0.1) is 0 Å². The Bertz CT molecular complexity index is 424. The molecule has 0 radical (unpaired) electrons. The fourth-order valence-electron chi connectivity index (χ4n) is 2.84. The number of rotatable bonds is 2. The lowest BCUT2D eigenvalue weighted by Crippen LogP contribution is -2.46. The predicted octanol–water partition coefficient (Wildman–Crippen LogP) is 2.40. The SMILES string of the molecule is CC1CC(N)CCN1C(C)c1ccc(O)cc1F. The molecule has 4 heteroatoms. The summed E-state index contributed by atoms with van der Waals surface area (Å²) in [7, 11) is 0. The average molecular weight is 252 g/mol. The lowest BCUT2D eigenvalue weighted by Gasteiger charge is -2.40. The third-order valence-corrected chi connectivity index (χ3v) is 3.90. The number of benzene rings is 1. The second kappa shape index (κ2) is 5.24. The largest absolute Gasteiger partial charge is 0.508 e. The summed E-state index contributed by atoms with van der Waals surface area (Å²) in [4.78, 5) is 2.28. The van der Waals surface area contributed by atoms with Crippen LogP contribution in [0, 0.1) is 5.82 Å². The van der Waals surface area contributed by atoms with Gasteiger partial charge in [-0.2, -0.15) is 0 Å². The molecule has 1 saturated heterocycles. The van der Waals surface area contributed by atoms with Crippen molar-refractivity contribution in [2.45, 2.75) is 44.8 Å². The van der Waals surface area contributed by atoms with E-state index in [9.17, 15) is 9.50 Å². The van der Waals surface area contributed by atoms with Crippen LogP contribution >= 0.6 is 0 Å². The van der Waals surface area contributed by atoms with Crippen LogP contribution in [-0.4, -0.2) is 28.6 Å². The predicted molar refractivity (Wildman–Crippen MR) is 69.9 cm³/mol. The molecule has 18 heavy (non-hydrogen) atoms. The van der Waals surface area contributed by atoms with Gasteiger partial charge in [-0.25, -0.2) is 4.39 Å². The summed E-state index contributed by atoms with van der Waals surface area (Å²) >= 11 is 0. The molecule has 1 aromatic carbocycles. The van der Waals surface area contributed by atoms with Crippen molar-refractivity contribution in [3.63, 3.8) is 0 Å². The van der Waals surface area contributed by atoms with Gasteiger partial charge < -0.3 is 10.8 Å². The van der Waals surface area contributed by atoms with Crippen LogP contribution in [0.3, 0.4) is 0 Å². The molecule has 0 spiro atoms. The van der Waals surface area contributed by atoms with Gasteiger partial charge in [0.2, 0.25) is 0 Å². The first-order valence-electron chi connectivity index (χ1n) is 6.48.